The van der Waals surface area contributed by atoms with E-state index < -0.39 is 0 Å². The molecule has 2 aromatic heterocycles. The number of amides is 1. The van der Waals surface area contributed by atoms with Crippen molar-refractivity contribution in [2.24, 2.45) is 5.92 Å². The fourth-order valence-corrected chi connectivity index (χ4v) is 6.83. The summed E-state index contributed by atoms with van der Waals surface area (Å²) in [7, 11) is 0. The first-order valence-electron chi connectivity index (χ1n) is 11.2. The summed E-state index contributed by atoms with van der Waals surface area (Å²) in [6, 6.07) is 8.04. The maximum absolute atomic E-state index is 12.7. The monoisotopic (exact) mass is 483 g/mol. The summed E-state index contributed by atoms with van der Waals surface area (Å²) in [5.74, 6) is -0.200. The molecular formula is C23H25N5O3S2. The van der Waals surface area contributed by atoms with Gasteiger partial charge in [-0.2, -0.15) is 0 Å². The van der Waals surface area contributed by atoms with Gasteiger partial charge in [-0.1, -0.05) is 36.4 Å². The predicted octanol–water partition coefficient (Wildman–Crippen LogP) is 3.90. The molecule has 3 heterocycles. The Hall–Kier alpha value is -2.59. The van der Waals surface area contributed by atoms with Gasteiger partial charge in [0.1, 0.15) is 5.52 Å². The van der Waals surface area contributed by atoms with E-state index in [0.29, 0.717) is 27.6 Å². The summed E-state index contributed by atoms with van der Waals surface area (Å²) in [6.07, 6.45) is 3.12. The maximum atomic E-state index is 12.7. The topological polar surface area (TPSA) is 99.0 Å². The van der Waals surface area contributed by atoms with Crippen molar-refractivity contribution < 1.29 is 14.3 Å². The standard InChI is InChI=1S/C23H25N5O3S2/c1-3-28-15-10-6-5-8-13(15)19-20(28)25-23(27-26-19)32-12-17(29)24-21-18(22(30)31-4-2)14-9-7-11-16(14)33-21/h5-6,8,10,14,16H,3-4,7,9,11-12H2,1-2H3,(H,24,29)/t14-,16-/m0/s1. The first-order chi connectivity index (χ1) is 16.1. The van der Waals surface area contributed by atoms with Crippen molar-refractivity contribution in [3.05, 3.63) is 34.9 Å². The lowest BCUT2D eigenvalue weighted by molar-refractivity contribution is -0.139. The van der Waals surface area contributed by atoms with Gasteiger partial charge in [-0.25, -0.2) is 9.78 Å². The Labute approximate surface area is 199 Å². The minimum absolute atomic E-state index is 0.134. The molecule has 172 valence electrons. The van der Waals surface area contributed by atoms with Crippen LogP contribution in [0.2, 0.25) is 0 Å². The highest BCUT2D eigenvalue weighted by atomic mass is 32.2. The highest BCUT2D eigenvalue weighted by Gasteiger charge is 2.43. The van der Waals surface area contributed by atoms with Crippen LogP contribution in [0.25, 0.3) is 22.1 Å². The molecule has 2 atom stereocenters. The Morgan fingerprint density at radius 2 is 2.09 bits per heavy atom. The number of para-hydroxylation sites is 1. The van der Waals surface area contributed by atoms with Crippen LogP contribution in [0.4, 0.5) is 0 Å². The number of thioether (sulfide) groups is 2. The van der Waals surface area contributed by atoms with Gasteiger partial charge in [0.25, 0.3) is 0 Å². The van der Waals surface area contributed by atoms with Crippen molar-refractivity contribution >= 4 is 57.5 Å². The fourth-order valence-electron chi connectivity index (χ4n) is 4.69. The van der Waals surface area contributed by atoms with Gasteiger partial charge in [0.15, 0.2) is 5.65 Å². The molecule has 10 heteroatoms. The number of carbonyl (C=O) groups excluding carboxylic acids is 2. The van der Waals surface area contributed by atoms with Gasteiger partial charge in [-0.05, 0) is 32.8 Å². The molecule has 0 radical (unpaired) electrons. The Bertz CT molecular complexity index is 1270. The molecular weight excluding hydrogens is 458 g/mol. The molecule has 0 bridgehead atoms. The van der Waals surface area contributed by atoms with Gasteiger partial charge in [0.2, 0.25) is 11.1 Å². The normalized spacial score (nSPS) is 19.9. The van der Waals surface area contributed by atoms with Crippen molar-refractivity contribution in [1.29, 1.82) is 0 Å². The van der Waals surface area contributed by atoms with Gasteiger partial charge in [-0.3, -0.25) is 4.79 Å². The van der Waals surface area contributed by atoms with E-state index in [1.807, 2.05) is 24.3 Å². The SMILES string of the molecule is CCOC(=O)C1=C(NC(=O)CSc2nnc3c4ccccc4n(CC)c3n2)S[C@H]2CCC[C@H]12. The van der Waals surface area contributed by atoms with Crippen LogP contribution in [0, 0.1) is 5.92 Å². The summed E-state index contributed by atoms with van der Waals surface area (Å²) in [4.78, 5) is 30.0. The number of aryl methyl sites for hydroxylation is 1. The molecule has 1 N–H and O–H groups in total. The number of carbonyl (C=O) groups is 2. The zero-order chi connectivity index (χ0) is 22.9. The molecule has 5 rings (SSSR count). The van der Waals surface area contributed by atoms with Crippen molar-refractivity contribution in [3.63, 3.8) is 0 Å². The average Bonchev–Trinajstić information content (AvgIpc) is 3.48. The fraction of sp³-hybridized carbons (Fsp3) is 0.435. The molecule has 1 aliphatic heterocycles. The van der Waals surface area contributed by atoms with Crippen LogP contribution in [0.5, 0.6) is 0 Å². The summed E-state index contributed by atoms with van der Waals surface area (Å²) < 4.78 is 7.37. The predicted molar refractivity (Wildman–Crippen MR) is 130 cm³/mol. The number of rotatable bonds is 7. The maximum Gasteiger partial charge on any atom is 0.336 e. The molecule has 3 aromatic rings. The smallest absolute Gasteiger partial charge is 0.336 e. The van der Waals surface area contributed by atoms with Crippen molar-refractivity contribution in [1.82, 2.24) is 25.1 Å². The second kappa shape index (κ2) is 9.34. The largest absolute Gasteiger partial charge is 0.463 e. The molecule has 0 unspecified atom stereocenters. The molecule has 33 heavy (non-hydrogen) atoms. The molecule has 1 aliphatic carbocycles. The average molecular weight is 484 g/mol. The van der Waals surface area contributed by atoms with Crippen LogP contribution < -0.4 is 5.32 Å². The van der Waals surface area contributed by atoms with E-state index in [9.17, 15) is 9.59 Å². The Kier molecular flexibility index (Phi) is 6.29. The molecule has 1 aromatic carbocycles. The number of benzene rings is 1. The molecule has 1 saturated carbocycles. The van der Waals surface area contributed by atoms with E-state index in [1.165, 1.54) is 11.8 Å². The Morgan fingerprint density at radius 1 is 1.24 bits per heavy atom. The number of hydrogen-bond acceptors (Lipinski definition) is 8. The number of nitrogens with one attached hydrogen (secondary N) is 1. The Balaban J connectivity index is 1.32. The third-order valence-electron chi connectivity index (χ3n) is 6.09. The second-order valence-electron chi connectivity index (χ2n) is 8.02. The lowest BCUT2D eigenvalue weighted by Crippen LogP contribution is -2.26. The number of nitrogens with zero attached hydrogens (tertiary/aromatic N) is 4. The summed E-state index contributed by atoms with van der Waals surface area (Å²) in [6.45, 7) is 4.95. The van der Waals surface area contributed by atoms with E-state index >= 15 is 0 Å². The zero-order valence-corrected chi connectivity index (χ0v) is 20.2. The number of esters is 1. The van der Waals surface area contributed by atoms with Gasteiger partial charge >= 0.3 is 5.97 Å². The lowest BCUT2D eigenvalue weighted by atomic mass is 9.98. The van der Waals surface area contributed by atoms with Crippen LogP contribution in [0.1, 0.15) is 33.1 Å². The number of ether oxygens (including phenoxy) is 1. The number of hydrogen-bond donors (Lipinski definition) is 1. The van der Waals surface area contributed by atoms with E-state index in [4.69, 9.17) is 4.74 Å². The minimum atomic E-state index is -0.312. The second-order valence-corrected chi connectivity index (χ2v) is 10.2. The zero-order valence-electron chi connectivity index (χ0n) is 18.5. The number of aromatic nitrogens is 4. The van der Waals surface area contributed by atoms with Crippen LogP contribution in [-0.2, 0) is 20.9 Å². The van der Waals surface area contributed by atoms with E-state index in [-0.39, 0.29) is 23.5 Å². The summed E-state index contributed by atoms with van der Waals surface area (Å²) >= 11 is 2.83. The van der Waals surface area contributed by atoms with E-state index in [0.717, 1.165) is 47.9 Å². The third kappa shape index (κ3) is 4.10. The first-order valence-corrected chi connectivity index (χ1v) is 13.1. The number of fused-ring (bicyclic) bond motifs is 4. The molecule has 1 amide bonds. The highest BCUT2D eigenvalue weighted by Crippen LogP contribution is 2.49. The molecule has 1 fully saturated rings. The van der Waals surface area contributed by atoms with Crippen molar-refractivity contribution in [2.45, 2.75) is 50.1 Å². The van der Waals surface area contributed by atoms with E-state index in [1.54, 1.807) is 18.7 Å². The summed E-state index contributed by atoms with van der Waals surface area (Å²) in [5, 5.41) is 14.0. The molecule has 8 nitrogen and oxygen atoms in total. The molecule has 0 spiro atoms. The third-order valence-corrected chi connectivity index (χ3v) is 8.35. The minimum Gasteiger partial charge on any atom is -0.463 e. The first kappa shape index (κ1) is 22.2. The van der Waals surface area contributed by atoms with Gasteiger partial charge in [-0.15, -0.1) is 22.0 Å². The van der Waals surface area contributed by atoms with Crippen LogP contribution in [0.3, 0.4) is 0 Å². The molecule has 0 saturated heterocycles. The molecule has 2 aliphatic rings. The van der Waals surface area contributed by atoms with Gasteiger partial charge < -0.3 is 14.6 Å². The van der Waals surface area contributed by atoms with Crippen LogP contribution in [-0.4, -0.2) is 49.2 Å². The lowest BCUT2D eigenvalue weighted by Gasteiger charge is -2.12. The van der Waals surface area contributed by atoms with Gasteiger partial charge in [0, 0.05) is 23.1 Å². The summed E-state index contributed by atoms with van der Waals surface area (Å²) in [5.41, 5.74) is 3.23. The quantitative estimate of drug-likeness (QED) is 0.399. The Morgan fingerprint density at radius 3 is 2.91 bits per heavy atom. The van der Waals surface area contributed by atoms with Crippen LogP contribution in [0.15, 0.2) is 40.0 Å². The van der Waals surface area contributed by atoms with Crippen molar-refractivity contribution in [3.8, 4) is 0 Å². The highest BCUT2D eigenvalue weighted by molar-refractivity contribution is 8.04. The van der Waals surface area contributed by atoms with Crippen molar-refractivity contribution in [2.75, 3.05) is 12.4 Å². The van der Waals surface area contributed by atoms with Crippen LogP contribution >= 0.6 is 23.5 Å². The van der Waals surface area contributed by atoms with E-state index in [2.05, 4.69) is 32.0 Å². The van der Waals surface area contributed by atoms with Gasteiger partial charge in [0.05, 0.1) is 28.5 Å².